The van der Waals surface area contributed by atoms with E-state index >= 15 is 0 Å². The van der Waals surface area contributed by atoms with Crippen LogP contribution in [0.1, 0.15) is 11.1 Å². The summed E-state index contributed by atoms with van der Waals surface area (Å²) in [6, 6.07) is 75.4. The minimum atomic E-state index is 0.365. The van der Waals surface area contributed by atoms with Gasteiger partial charge in [-0.2, -0.15) is 10.5 Å². The summed E-state index contributed by atoms with van der Waals surface area (Å²) in [6.07, 6.45) is 5.25. The molecule has 0 aliphatic heterocycles. The molecule has 0 fully saturated rings. The number of aromatic nitrogens is 6. The SMILES string of the molecule is N#Cc1c(-n2c3ccccc3c3c2ccc2c4ccccc4n(-c4ccccc4)c23)cc(-n2c3ccccc3c3c2ccc2c4ccccc4n(-c4ccccc4)c23)c(C#N)c1-c1cnc2cnccc2c1. The van der Waals surface area contributed by atoms with Crippen LogP contribution in [-0.4, -0.2) is 28.2 Å². The van der Waals surface area contributed by atoms with E-state index in [2.05, 4.69) is 211 Å². The predicted octanol–water partition coefficient (Wildman–Crippen LogP) is 15.4. The Kier molecular flexibility index (Phi) is 8.33. The van der Waals surface area contributed by atoms with Gasteiger partial charge in [0.15, 0.2) is 0 Å². The molecule has 332 valence electrons. The summed E-state index contributed by atoms with van der Waals surface area (Å²) < 4.78 is 9.21. The zero-order valence-electron chi connectivity index (χ0n) is 38.4. The van der Waals surface area contributed by atoms with Crippen LogP contribution in [0.2, 0.25) is 0 Å². The van der Waals surface area contributed by atoms with E-state index in [1.165, 1.54) is 0 Å². The molecule has 6 heterocycles. The monoisotopic (exact) mass is 916 g/mol. The maximum atomic E-state index is 11.8. The van der Waals surface area contributed by atoms with Crippen molar-refractivity contribution in [1.29, 1.82) is 10.5 Å². The molecule has 15 rings (SSSR count). The molecule has 0 saturated carbocycles. The van der Waals surface area contributed by atoms with Gasteiger partial charge in [-0.3, -0.25) is 9.97 Å². The largest absolute Gasteiger partial charge is 0.309 e. The molecular weight excluding hydrogens is 881 g/mol. The second-order valence-corrected chi connectivity index (χ2v) is 18.3. The van der Waals surface area contributed by atoms with Crippen molar-refractivity contribution in [3.05, 3.63) is 230 Å². The quantitative estimate of drug-likeness (QED) is 0.172. The lowest BCUT2D eigenvalue weighted by Gasteiger charge is -2.20. The number of para-hydroxylation sites is 6. The van der Waals surface area contributed by atoms with Crippen molar-refractivity contribution in [3.8, 4) is 46.0 Å². The number of nitriles is 2. The first-order chi connectivity index (χ1) is 35.7. The molecule has 0 atom stereocenters. The predicted molar refractivity (Wildman–Crippen MR) is 292 cm³/mol. The van der Waals surface area contributed by atoms with Gasteiger partial charge in [0.2, 0.25) is 0 Å². The van der Waals surface area contributed by atoms with Crippen LogP contribution in [0.4, 0.5) is 0 Å². The van der Waals surface area contributed by atoms with Crippen molar-refractivity contribution in [1.82, 2.24) is 28.2 Å². The van der Waals surface area contributed by atoms with Crippen LogP contribution in [0.3, 0.4) is 0 Å². The van der Waals surface area contributed by atoms with Gasteiger partial charge in [0.25, 0.3) is 0 Å². The summed E-state index contributed by atoms with van der Waals surface area (Å²) in [7, 11) is 0. The van der Waals surface area contributed by atoms with Gasteiger partial charge in [-0.1, -0.05) is 121 Å². The number of fused-ring (bicyclic) bond motifs is 15. The minimum Gasteiger partial charge on any atom is -0.309 e. The molecule has 6 aromatic heterocycles. The van der Waals surface area contributed by atoms with Crippen LogP contribution in [0, 0.1) is 22.7 Å². The van der Waals surface area contributed by atoms with Crippen molar-refractivity contribution in [2.24, 2.45) is 0 Å². The molecule has 0 unspecified atom stereocenters. The lowest BCUT2D eigenvalue weighted by molar-refractivity contribution is 1.12. The van der Waals surface area contributed by atoms with Crippen molar-refractivity contribution >= 4 is 98.1 Å². The van der Waals surface area contributed by atoms with Crippen molar-refractivity contribution in [2.75, 3.05) is 0 Å². The zero-order chi connectivity index (χ0) is 47.6. The molecule has 0 amide bonds. The molecular formula is C64H36N8. The van der Waals surface area contributed by atoms with E-state index in [0.717, 1.165) is 110 Å². The summed E-state index contributed by atoms with van der Waals surface area (Å²) in [5, 5.41) is 33.2. The first-order valence-electron chi connectivity index (χ1n) is 23.9. The Morgan fingerprint density at radius 3 is 1.31 bits per heavy atom. The van der Waals surface area contributed by atoms with Gasteiger partial charge in [-0.05, 0) is 78.9 Å². The third-order valence-corrected chi connectivity index (χ3v) is 14.7. The van der Waals surface area contributed by atoms with Gasteiger partial charge >= 0.3 is 0 Å². The van der Waals surface area contributed by atoms with Crippen LogP contribution in [0.15, 0.2) is 219 Å². The minimum absolute atomic E-state index is 0.365. The molecule has 0 spiro atoms. The Hall–Kier alpha value is -10.3. The number of hydrogen-bond acceptors (Lipinski definition) is 4. The maximum Gasteiger partial charge on any atom is 0.102 e. The van der Waals surface area contributed by atoms with Gasteiger partial charge in [-0.25, -0.2) is 0 Å². The highest BCUT2D eigenvalue weighted by atomic mass is 15.0. The van der Waals surface area contributed by atoms with Crippen LogP contribution in [-0.2, 0) is 0 Å². The van der Waals surface area contributed by atoms with E-state index < -0.39 is 0 Å². The summed E-state index contributed by atoms with van der Waals surface area (Å²) in [4.78, 5) is 9.22. The molecule has 8 nitrogen and oxygen atoms in total. The van der Waals surface area contributed by atoms with Gasteiger partial charge in [0.1, 0.15) is 12.1 Å². The molecule has 0 aliphatic rings. The Labute approximate surface area is 410 Å². The van der Waals surface area contributed by atoms with E-state index in [1.807, 2.05) is 24.3 Å². The van der Waals surface area contributed by atoms with Crippen LogP contribution in [0.5, 0.6) is 0 Å². The van der Waals surface area contributed by atoms with Crippen molar-refractivity contribution in [2.45, 2.75) is 0 Å². The molecule has 0 N–H and O–H groups in total. The second-order valence-electron chi connectivity index (χ2n) is 18.3. The van der Waals surface area contributed by atoms with E-state index in [0.29, 0.717) is 33.6 Å². The van der Waals surface area contributed by atoms with Crippen LogP contribution >= 0.6 is 0 Å². The Morgan fingerprint density at radius 1 is 0.375 bits per heavy atom. The van der Waals surface area contributed by atoms with Gasteiger partial charge < -0.3 is 18.3 Å². The third kappa shape index (κ3) is 5.38. The second kappa shape index (κ2) is 15.1. The molecule has 0 bridgehead atoms. The fourth-order valence-corrected chi connectivity index (χ4v) is 11.9. The number of nitrogens with zero attached hydrogens (tertiary/aromatic N) is 8. The third-order valence-electron chi connectivity index (χ3n) is 14.7. The average Bonchev–Trinajstić information content (AvgIpc) is 4.18. The van der Waals surface area contributed by atoms with Gasteiger partial charge in [0.05, 0.1) is 78.3 Å². The molecule has 72 heavy (non-hydrogen) atoms. The van der Waals surface area contributed by atoms with E-state index in [1.54, 1.807) is 18.6 Å². The molecule has 0 radical (unpaired) electrons. The smallest absolute Gasteiger partial charge is 0.102 e. The molecule has 9 aromatic carbocycles. The number of pyridine rings is 2. The van der Waals surface area contributed by atoms with Crippen LogP contribution in [0.25, 0.3) is 132 Å². The molecule has 15 aromatic rings. The lowest BCUT2D eigenvalue weighted by Crippen LogP contribution is -2.07. The van der Waals surface area contributed by atoms with E-state index in [9.17, 15) is 10.5 Å². The summed E-state index contributed by atoms with van der Waals surface area (Å²) in [5.74, 6) is 0. The average molecular weight is 917 g/mol. The zero-order valence-corrected chi connectivity index (χ0v) is 38.4. The summed E-state index contributed by atoms with van der Waals surface area (Å²) in [5.41, 5.74) is 14.1. The Bertz CT molecular complexity index is 4620. The van der Waals surface area contributed by atoms with Gasteiger partial charge in [-0.15, -0.1) is 0 Å². The fourth-order valence-electron chi connectivity index (χ4n) is 11.9. The standard InChI is InChI=1S/C64H36N8/c65-35-49-58(71-54-25-13-9-21-47(54)61-56(71)29-27-45-43-19-7-11-23-52(43)69(63(45)61)41-15-3-1-4-16-41)34-59(50(36-66)60(49)40-33-39-31-32-67-38-51(39)68-37-40)72-55-26-14-10-22-48(55)62-57(72)30-28-46-44-20-8-12-24-53(44)70(64(46)62)42-17-5-2-6-18-42/h1-34,37-38H. The normalized spacial score (nSPS) is 11.9. The molecule has 0 saturated heterocycles. The molecule has 0 aliphatic carbocycles. The lowest BCUT2D eigenvalue weighted by atomic mass is 9.92. The topological polar surface area (TPSA) is 93.1 Å². The summed E-state index contributed by atoms with van der Waals surface area (Å²) >= 11 is 0. The van der Waals surface area contributed by atoms with E-state index in [4.69, 9.17) is 4.98 Å². The van der Waals surface area contributed by atoms with Crippen LogP contribution < -0.4 is 0 Å². The maximum absolute atomic E-state index is 11.8. The highest BCUT2D eigenvalue weighted by molar-refractivity contribution is 6.28. The number of hydrogen-bond donors (Lipinski definition) is 0. The van der Waals surface area contributed by atoms with Crippen molar-refractivity contribution < 1.29 is 0 Å². The Balaban J connectivity index is 1.13. The van der Waals surface area contributed by atoms with Gasteiger partial charge in [0, 0.05) is 83.4 Å². The Morgan fingerprint density at radius 2 is 0.819 bits per heavy atom. The molecule has 8 heteroatoms. The summed E-state index contributed by atoms with van der Waals surface area (Å²) in [6.45, 7) is 0. The highest BCUT2D eigenvalue weighted by Crippen LogP contribution is 2.47. The fraction of sp³-hybridized carbons (Fsp3) is 0. The number of rotatable bonds is 5. The van der Waals surface area contributed by atoms with E-state index in [-0.39, 0.29) is 0 Å². The first-order valence-corrected chi connectivity index (χ1v) is 23.9. The first kappa shape index (κ1) is 39.7. The number of benzene rings is 9. The van der Waals surface area contributed by atoms with Crippen molar-refractivity contribution in [3.63, 3.8) is 0 Å². The highest BCUT2D eigenvalue weighted by Gasteiger charge is 2.29.